The van der Waals surface area contributed by atoms with Crippen molar-refractivity contribution in [1.82, 2.24) is 20.1 Å². The minimum absolute atomic E-state index is 0.0110. The van der Waals surface area contributed by atoms with Crippen LogP contribution in [0.5, 0.6) is 0 Å². The number of nitrogens with one attached hydrogen (secondary N) is 3. The summed E-state index contributed by atoms with van der Waals surface area (Å²) in [5.41, 5.74) is -0.397. The van der Waals surface area contributed by atoms with Crippen molar-refractivity contribution in [1.29, 1.82) is 0 Å². The highest BCUT2D eigenvalue weighted by Crippen LogP contribution is 2.52. The van der Waals surface area contributed by atoms with Crippen LogP contribution in [0.4, 0.5) is 0 Å². The van der Waals surface area contributed by atoms with Gasteiger partial charge in [-0.2, -0.15) is 11.8 Å². The number of thioether (sulfide) groups is 1. The van der Waals surface area contributed by atoms with Crippen LogP contribution in [0.1, 0.15) is 25.7 Å². The lowest BCUT2D eigenvalue weighted by Gasteiger charge is -2.53. The number of rotatable bonds is 5. The van der Waals surface area contributed by atoms with Crippen molar-refractivity contribution in [3.05, 3.63) is 21.0 Å². The van der Waals surface area contributed by atoms with E-state index < -0.39 is 11.4 Å². The van der Waals surface area contributed by atoms with Crippen LogP contribution in [0.25, 0.3) is 0 Å². The lowest BCUT2D eigenvalue weighted by molar-refractivity contribution is -0.123. The molecule has 1 aromatic heterocycles. The van der Waals surface area contributed by atoms with E-state index in [1.54, 1.807) is 0 Å². The van der Waals surface area contributed by atoms with E-state index in [4.69, 9.17) is 0 Å². The summed E-state index contributed by atoms with van der Waals surface area (Å²) in [7, 11) is 0. The molecule has 1 spiro atoms. The van der Waals surface area contributed by atoms with Gasteiger partial charge in [-0.05, 0) is 36.2 Å². The molecule has 1 amide bonds. The summed E-state index contributed by atoms with van der Waals surface area (Å²) >= 11 is 1.98. The van der Waals surface area contributed by atoms with Gasteiger partial charge in [-0.15, -0.1) is 0 Å². The van der Waals surface area contributed by atoms with Gasteiger partial charge >= 0.3 is 11.4 Å². The van der Waals surface area contributed by atoms with Gasteiger partial charge in [0.1, 0.15) is 0 Å². The predicted molar refractivity (Wildman–Crippen MR) is 75.8 cm³/mol. The van der Waals surface area contributed by atoms with Gasteiger partial charge in [0.15, 0.2) is 0 Å². The van der Waals surface area contributed by atoms with Gasteiger partial charge in [-0.3, -0.25) is 4.79 Å². The molecule has 7 nitrogen and oxygen atoms in total. The lowest BCUT2D eigenvalue weighted by atomic mass is 9.67. The molecule has 1 aliphatic heterocycles. The maximum atomic E-state index is 11.8. The van der Waals surface area contributed by atoms with Gasteiger partial charge in [-0.25, -0.2) is 24.4 Å². The van der Waals surface area contributed by atoms with E-state index in [1.165, 1.54) is 11.5 Å². The fourth-order valence-electron chi connectivity index (χ4n) is 2.95. The first-order valence-corrected chi connectivity index (χ1v) is 7.98. The zero-order valence-electron chi connectivity index (χ0n) is 11.1. The molecule has 20 heavy (non-hydrogen) atoms. The molecule has 0 aromatic carbocycles. The Bertz CT molecular complexity index is 577. The van der Waals surface area contributed by atoms with Crippen LogP contribution in [-0.2, 0) is 11.3 Å². The summed E-state index contributed by atoms with van der Waals surface area (Å²) in [5.74, 6) is 2.48. The van der Waals surface area contributed by atoms with Crippen molar-refractivity contribution in [3.63, 3.8) is 0 Å². The van der Waals surface area contributed by atoms with Crippen molar-refractivity contribution in [2.24, 2.45) is 5.41 Å². The quantitative estimate of drug-likeness (QED) is 0.692. The third kappa shape index (κ3) is 2.56. The molecule has 3 N–H and O–H groups in total. The standard InChI is InChI=1S/C12H18N4O3S/c17-9(13-8-4-12(5-8)6-20-7-12)2-1-3-16-10(18)14-15-11(16)19/h8H,1-7H2,(H,13,17)(H,14,18)(H,15,19). The number of carbonyl (C=O) groups excluding carboxylic acids is 1. The predicted octanol–water partition coefficient (Wildman–Crippen LogP) is -0.343. The average Bonchev–Trinajstić information content (AvgIpc) is 2.62. The number of carbonyl (C=O) groups is 1. The highest BCUT2D eigenvalue weighted by atomic mass is 32.2. The van der Waals surface area contributed by atoms with Crippen molar-refractivity contribution in [2.75, 3.05) is 11.5 Å². The molecule has 0 bridgehead atoms. The number of amides is 1. The molecule has 8 heteroatoms. The molecule has 0 unspecified atom stereocenters. The average molecular weight is 298 g/mol. The van der Waals surface area contributed by atoms with E-state index in [2.05, 4.69) is 15.5 Å². The van der Waals surface area contributed by atoms with Crippen LogP contribution in [0, 0.1) is 5.41 Å². The van der Waals surface area contributed by atoms with Crippen LogP contribution in [0.3, 0.4) is 0 Å². The molecule has 0 atom stereocenters. The Morgan fingerprint density at radius 2 is 1.95 bits per heavy atom. The molecule has 1 aliphatic carbocycles. The summed E-state index contributed by atoms with van der Waals surface area (Å²) < 4.78 is 1.07. The van der Waals surface area contributed by atoms with Crippen molar-refractivity contribution in [3.8, 4) is 0 Å². The van der Waals surface area contributed by atoms with Gasteiger partial charge in [0.05, 0.1) is 0 Å². The van der Waals surface area contributed by atoms with Crippen molar-refractivity contribution in [2.45, 2.75) is 38.3 Å². The minimum atomic E-state index is -0.459. The Morgan fingerprint density at radius 3 is 2.50 bits per heavy atom. The van der Waals surface area contributed by atoms with Gasteiger partial charge in [0.25, 0.3) is 0 Å². The normalized spacial score (nSPS) is 20.4. The molecule has 2 aliphatic rings. The van der Waals surface area contributed by atoms with Gasteiger partial charge < -0.3 is 5.32 Å². The first kappa shape index (κ1) is 13.5. The molecular formula is C12H18N4O3S. The molecule has 2 heterocycles. The molecule has 110 valence electrons. The molecule has 0 radical (unpaired) electrons. The van der Waals surface area contributed by atoms with E-state index in [1.807, 2.05) is 11.8 Å². The smallest absolute Gasteiger partial charge is 0.344 e. The molecule has 1 saturated heterocycles. The highest BCUT2D eigenvalue weighted by Gasteiger charge is 2.49. The second kappa shape index (κ2) is 5.16. The van der Waals surface area contributed by atoms with E-state index >= 15 is 0 Å². The maximum Gasteiger partial charge on any atom is 0.344 e. The first-order valence-electron chi connectivity index (χ1n) is 6.83. The number of hydrogen-bond acceptors (Lipinski definition) is 4. The van der Waals surface area contributed by atoms with Crippen LogP contribution in [0.15, 0.2) is 9.59 Å². The Hall–Kier alpha value is -1.44. The summed E-state index contributed by atoms with van der Waals surface area (Å²) in [6.07, 6.45) is 3.03. The number of hydrogen-bond donors (Lipinski definition) is 3. The van der Waals surface area contributed by atoms with Crippen molar-refractivity contribution >= 4 is 17.7 Å². The Morgan fingerprint density at radius 1 is 1.30 bits per heavy atom. The van der Waals surface area contributed by atoms with Gasteiger partial charge in [0.2, 0.25) is 5.91 Å². The first-order chi connectivity index (χ1) is 9.58. The van der Waals surface area contributed by atoms with Gasteiger partial charge in [-0.1, -0.05) is 0 Å². The van der Waals surface area contributed by atoms with E-state index in [0.717, 1.165) is 17.4 Å². The topological polar surface area (TPSA) is 99.8 Å². The third-order valence-corrected chi connectivity index (χ3v) is 5.73. The largest absolute Gasteiger partial charge is 0.353 e. The summed E-state index contributed by atoms with van der Waals surface area (Å²) in [6, 6.07) is 0.321. The number of H-pyrrole nitrogens is 2. The van der Waals surface area contributed by atoms with Crippen molar-refractivity contribution < 1.29 is 4.79 Å². The second-order valence-corrected chi connectivity index (χ2v) is 6.77. The molecule has 3 rings (SSSR count). The summed E-state index contributed by atoms with van der Waals surface area (Å²) in [6.45, 7) is 0.260. The number of nitrogens with zero attached hydrogens (tertiary/aromatic N) is 1. The molecule has 1 saturated carbocycles. The Kier molecular flexibility index (Phi) is 3.49. The minimum Gasteiger partial charge on any atom is -0.353 e. The van der Waals surface area contributed by atoms with E-state index in [9.17, 15) is 14.4 Å². The fraction of sp³-hybridized carbons (Fsp3) is 0.750. The van der Waals surface area contributed by atoms with Crippen LogP contribution < -0.4 is 16.7 Å². The maximum absolute atomic E-state index is 11.8. The number of aromatic amines is 2. The second-order valence-electron chi connectivity index (χ2n) is 5.78. The Labute approximate surface area is 119 Å². The Balaban J connectivity index is 1.38. The summed E-state index contributed by atoms with van der Waals surface area (Å²) in [5, 5.41) is 7.45. The SMILES string of the molecule is O=C(CCCn1c(=O)[nH][nH]c1=O)NC1CC2(CSC2)C1. The zero-order valence-corrected chi connectivity index (χ0v) is 11.9. The van der Waals surface area contributed by atoms with Gasteiger partial charge in [0, 0.05) is 19.0 Å². The van der Waals surface area contributed by atoms with E-state index in [0.29, 0.717) is 24.3 Å². The fourth-order valence-corrected chi connectivity index (χ4v) is 4.20. The van der Waals surface area contributed by atoms with Crippen LogP contribution in [-0.4, -0.2) is 38.2 Å². The van der Waals surface area contributed by atoms with E-state index in [-0.39, 0.29) is 12.5 Å². The summed E-state index contributed by atoms with van der Waals surface area (Å²) in [4.78, 5) is 34.2. The molecular weight excluding hydrogens is 280 g/mol. The van der Waals surface area contributed by atoms with Crippen LogP contribution in [0.2, 0.25) is 0 Å². The number of aromatic nitrogens is 3. The lowest BCUT2D eigenvalue weighted by Crippen LogP contribution is -2.56. The monoisotopic (exact) mass is 298 g/mol. The molecule has 1 aromatic rings. The molecule has 2 fully saturated rings. The zero-order chi connectivity index (χ0) is 14.2. The highest BCUT2D eigenvalue weighted by molar-refractivity contribution is 8.00. The van der Waals surface area contributed by atoms with Crippen LogP contribution >= 0.6 is 11.8 Å². The third-order valence-electron chi connectivity index (χ3n) is 4.09.